The Balaban J connectivity index is 1.57. The summed E-state index contributed by atoms with van der Waals surface area (Å²) in [6.07, 6.45) is 1.48. The van der Waals surface area contributed by atoms with Crippen LogP contribution in [0.4, 0.5) is 0 Å². The van der Waals surface area contributed by atoms with E-state index in [-0.39, 0.29) is 11.7 Å². The maximum Gasteiger partial charge on any atom is 0.250 e. The summed E-state index contributed by atoms with van der Waals surface area (Å²) in [5, 5.41) is 5.71. The molecule has 3 rings (SSSR count). The number of carbonyl (C=O) groups excluding carboxylic acids is 1. The Labute approximate surface area is 159 Å². The number of fused-ring (bicyclic) bond motifs is 1. The lowest BCUT2D eigenvalue weighted by atomic mass is 10.2. The number of aromatic nitrogens is 2. The van der Waals surface area contributed by atoms with Crippen LogP contribution < -0.4 is 5.43 Å². The monoisotopic (exact) mass is 392 g/mol. The summed E-state index contributed by atoms with van der Waals surface area (Å²) in [6, 6.07) is 12.9. The number of para-hydroxylation sites is 2. The largest absolute Gasteiger partial charge is 0.322 e. The second-order valence-electron chi connectivity index (χ2n) is 5.19. The number of hydrogen-bond donors (Lipinski definition) is 1. The van der Waals surface area contributed by atoms with Crippen LogP contribution >= 0.6 is 35.0 Å². The molecule has 128 valence electrons. The molecule has 0 aliphatic rings. The zero-order valence-corrected chi connectivity index (χ0v) is 15.6. The zero-order chi connectivity index (χ0) is 17.8. The van der Waals surface area contributed by atoms with E-state index in [1.807, 2.05) is 35.9 Å². The number of nitrogens with one attached hydrogen (secondary N) is 1. The third kappa shape index (κ3) is 4.34. The van der Waals surface area contributed by atoms with Crippen LogP contribution in [-0.2, 0) is 11.8 Å². The summed E-state index contributed by atoms with van der Waals surface area (Å²) in [7, 11) is 1.93. The molecule has 0 saturated carbocycles. The molecule has 25 heavy (non-hydrogen) atoms. The molecule has 0 atom stereocenters. The van der Waals surface area contributed by atoms with Crippen molar-refractivity contribution < 1.29 is 4.79 Å². The lowest BCUT2D eigenvalue weighted by molar-refractivity contribution is -0.118. The highest BCUT2D eigenvalue weighted by Crippen LogP contribution is 2.22. The number of rotatable bonds is 5. The maximum absolute atomic E-state index is 11.9. The Morgan fingerprint density at radius 1 is 1.32 bits per heavy atom. The number of thioether (sulfide) groups is 1. The van der Waals surface area contributed by atoms with Crippen LogP contribution in [-0.4, -0.2) is 27.4 Å². The summed E-state index contributed by atoms with van der Waals surface area (Å²) in [5.74, 6) is -0.0125. The molecule has 3 aromatic rings. The fourth-order valence-corrected chi connectivity index (χ4v) is 3.43. The Bertz CT molecular complexity index is 955. The van der Waals surface area contributed by atoms with Gasteiger partial charge in [0.25, 0.3) is 5.91 Å². The van der Waals surface area contributed by atoms with Gasteiger partial charge in [-0.25, -0.2) is 10.4 Å². The molecule has 8 heteroatoms. The van der Waals surface area contributed by atoms with Gasteiger partial charge in [0.1, 0.15) is 0 Å². The first-order valence-corrected chi connectivity index (χ1v) is 9.10. The average Bonchev–Trinajstić information content (AvgIpc) is 2.91. The van der Waals surface area contributed by atoms with Crippen molar-refractivity contribution in [2.75, 3.05) is 5.75 Å². The fraction of sp³-hybridized carbons (Fsp3) is 0.118. The first-order chi connectivity index (χ1) is 12.0. The molecular weight excluding hydrogens is 379 g/mol. The second-order valence-corrected chi connectivity index (χ2v) is 6.98. The van der Waals surface area contributed by atoms with Crippen LogP contribution in [0.3, 0.4) is 0 Å². The van der Waals surface area contributed by atoms with Gasteiger partial charge in [-0.3, -0.25) is 4.79 Å². The molecule has 0 saturated heterocycles. The van der Waals surface area contributed by atoms with Gasteiger partial charge in [0, 0.05) is 17.6 Å². The van der Waals surface area contributed by atoms with E-state index in [2.05, 4.69) is 15.5 Å². The van der Waals surface area contributed by atoms with Gasteiger partial charge in [0.15, 0.2) is 5.16 Å². The lowest BCUT2D eigenvalue weighted by Crippen LogP contribution is -2.19. The van der Waals surface area contributed by atoms with Crippen LogP contribution in [0.25, 0.3) is 11.0 Å². The average molecular weight is 393 g/mol. The molecule has 1 N–H and O–H groups in total. The SMILES string of the molecule is Cn1c(SCC(=O)NN=Cc2ccc(Cl)cc2Cl)nc2ccccc21. The van der Waals surface area contributed by atoms with Gasteiger partial charge in [-0.2, -0.15) is 5.10 Å². The predicted octanol–water partition coefficient (Wildman–Crippen LogP) is 4.12. The summed E-state index contributed by atoms with van der Waals surface area (Å²) in [4.78, 5) is 16.4. The Morgan fingerprint density at radius 2 is 2.12 bits per heavy atom. The van der Waals surface area contributed by atoms with E-state index in [1.54, 1.807) is 18.2 Å². The van der Waals surface area contributed by atoms with E-state index in [9.17, 15) is 4.79 Å². The third-order valence-electron chi connectivity index (χ3n) is 3.43. The molecule has 0 unspecified atom stereocenters. The molecule has 1 amide bonds. The van der Waals surface area contributed by atoms with Crippen molar-refractivity contribution in [2.24, 2.45) is 12.1 Å². The number of aryl methyl sites for hydroxylation is 1. The fourth-order valence-electron chi connectivity index (χ4n) is 2.19. The highest BCUT2D eigenvalue weighted by atomic mass is 35.5. The maximum atomic E-state index is 11.9. The molecule has 0 bridgehead atoms. The van der Waals surface area contributed by atoms with Crippen molar-refractivity contribution in [3.63, 3.8) is 0 Å². The number of halogens is 2. The van der Waals surface area contributed by atoms with Crippen molar-refractivity contribution in [1.82, 2.24) is 15.0 Å². The first kappa shape index (κ1) is 17.8. The van der Waals surface area contributed by atoms with Gasteiger partial charge < -0.3 is 4.57 Å². The van der Waals surface area contributed by atoms with E-state index in [0.717, 1.165) is 16.2 Å². The van der Waals surface area contributed by atoms with E-state index in [0.29, 0.717) is 15.6 Å². The quantitative estimate of drug-likeness (QED) is 0.403. The number of nitrogens with zero attached hydrogens (tertiary/aromatic N) is 3. The van der Waals surface area contributed by atoms with Crippen LogP contribution in [0.15, 0.2) is 52.7 Å². The summed E-state index contributed by atoms with van der Waals surface area (Å²) < 4.78 is 1.96. The van der Waals surface area contributed by atoms with Gasteiger partial charge in [0.05, 0.1) is 28.0 Å². The molecule has 0 aliphatic carbocycles. The second kappa shape index (κ2) is 7.91. The Morgan fingerprint density at radius 3 is 2.88 bits per heavy atom. The van der Waals surface area contributed by atoms with Crippen molar-refractivity contribution in [3.8, 4) is 0 Å². The molecule has 5 nitrogen and oxygen atoms in total. The molecule has 1 heterocycles. The smallest absolute Gasteiger partial charge is 0.250 e. The molecule has 0 spiro atoms. The van der Waals surface area contributed by atoms with Crippen LogP contribution in [0.5, 0.6) is 0 Å². The van der Waals surface area contributed by atoms with Gasteiger partial charge >= 0.3 is 0 Å². The number of carbonyl (C=O) groups is 1. The summed E-state index contributed by atoms with van der Waals surface area (Å²) in [5.41, 5.74) is 5.09. The molecule has 0 radical (unpaired) electrons. The van der Waals surface area contributed by atoms with Crippen LogP contribution in [0.2, 0.25) is 10.0 Å². The zero-order valence-electron chi connectivity index (χ0n) is 13.2. The normalized spacial score (nSPS) is 11.3. The van der Waals surface area contributed by atoms with E-state index >= 15 is 0 Å². The number of hydrazone groups is 1. The topological polar surface area (TPSA) is 59.3 Å². The number of imidazole rings is 1. The highest BCUT2D eigenvalue weighted by molar-refractivity contribution is 7.99. The first-order valence-electron chi connectivity index (χ1n) is 7.36. The van der Waals surface area contributed by atoms with Crippen molar-refractivity contribution >= 4 is 58.1 Å². The minimum absolute atomic E-state index is 0.211. The minimum atomic E-state index is -0.224. The number of hydrogen-bond acceptors (Lipinski definition) is 4. The molecule has 2 aromatic carbocycles. The standard InChI is InChI=1S/C17H14Cl2N4OS/c1-23-15-5-3-2-4-14(15)21-17(23)25-10-16(24)22-20-9-11-6-7-12(18)8-13(11)19/h2-9H,10H2,1H3,(H,22,24). The van der Waals surface area contributed by atoms with Crippen molar-refractivity contribution in [2.45, 2.75) is 5.16 Å². The van der Waals surface area contributed by atoms with E-state index < -0.39 is 0 Å². The third-order valence-corrected chi connectivity index (χ3v) is 5.03. The molecule has 1 aromatic heterocycles. The predicted molar refractivity (Wildman–Crippen MR) is 104 cm³/mol. The Kier molecular flexibility index (Phi) is 5.63. The van der Waals surface area contributed by atoms with Gasteiger partial charge in [0.2, 0.25) is 0 Å². The molecule has 0 fully saturated rings. The number of benzene rings is 2. The summed E-state index contributed by atoms with van der Waals surface area (Å²) >= 11 is 13.2. The van der Waals surface area contributed by atoms with Crippen molar-refractivity contribution in [1.29, 1.82) is 0 Å². The number of amides is 1. The van der Waals surface area contributed by atoms with E-state index in [4.69, 9.17) is 23.2 Å². The molecule has 0 aliphatic heterocycles. The van der Waals surface area contributed by atoms with Gasteiger partial charge in [-0.1, -0.05) is 53.2 Å². The van der Waals surface area contributed by atoms with Gasteiger partial charge in [-0.05, 0) is 24.3 Å². The van der Waals surface area contributed by atoms with Crippen LogP contribution in [0.1, 0.15) is 5.56 Å². The lowest BCUT2D eigenvalue weighted by Gasteiger charge is -2.02. The van der Waals surface area contributed by atoms with Crippen molar-refractivity contribution in [3.05, 3.63) is 58.1 Å². The van der Waals surface area contributed by atoms with E-state index in [1.165, 1.54) is 18.0 Å². The Hall–Kier alpha value is -2.02. The summed E-state index contributed by atoms with van der Waals surface area (Å²) in [6.45, 7) is 0. The molecular formula is C17H14Cl2N4OS. The van der Waals surface area contributed by atoms with Gasteiger partial charge in [-0.15, -0.1) is 0 Å². The minimum Gasteiger partial charge on any atom is -0.322 e. The highest BCUT2D eigenvalue weighted by Gasteiger charge is 2.09. The van der Waals surface area contributed by atoms with Crippen LogP contribution in [0, 0.1) is 0 Å².